The molecule has 1 aliphatic rings. The summed E-state index contributed by atoms with van der Waals surface area (Å²) in [5, 5.41) is 5.56. The van der Waals surface area contributed by atoms with Crippen LogP contribution in [-0.2, 0) is 17.8 Å². The summed E-state index contributed by atoms with van der Waals surface area (Å²) in [4.78, 5) is 25.3. The number of carbonyl (C=O) groups is 2. The molecule has 6 nitrogen and oxygen atoms in total. The number of nitrogens with one attached hydrogen (secondary N) is 2. The van der Waals surface area contributed by atoms with E-state index >= 15 is 0 Å². The van der Waals surface area contributed by atoms with Crippen molar-refractivity contribution < 1.29 is 14.3 Å². The van der Waals surface area contributed by atoms with Gasteiger partial charge in [0.05, 0.1) is 5.69 Å². The Morgan fingerprint density at radius 1 is 1.20 bits per heavy atom. The zero-order valence-electron chi connectivity index (χ0n) is 14.3. The molecule has 0 bridgehead atoms. The molecule has 2 N–H and O–H groups in total. The predicted octanol–water partition coefficient (Wildman–Crippen LogP) is 3.24. The van der Waals surface area contributed by atoms with Crippen molar-refractivity contribution in [3.05, 3.63) is 53.6 Å². The van der Waals surface area contributed by atoms with Crippen LogP contribution in [0.15, 0.2) is 42.5 Å². The predicted molar refractivity (Wildman–Crippen MR) is 96.9 cm³/mol. The van der Waals surface area contributed by atoms with Gasteiger partial charge < -0.3 is 20.3 Å². The summed E-state index contributed by atoms with van der Waals surface area (Å²) in [6.45, 7) is 2.62. The standard InChI is InChI=1S/C19H21N3O3/c1-3-13-4-6-14(7-5-13)11-22(2)19(24)20-15-8-9-16-17(10-15)25-12-18(23)21-16/h4-10H,3,11-12H2,1-2H3,(H,20,24)(H,21,23). The molecule has 3 rings (SSSR count). The minimum atomic E-state index is -0.209. The number of hydrogen-bond donors (Lipinski definition) is 2. The molecule has 6 heteroatoms. The van der Waals surface area contributed by atoms with Crippen LogP contribution < -0.4 is 15.4 Å². The molecule has 2 aromatic carbocycles. The zero-order chi connectivity index (χ0) is 17.8. The maximum atomic E-state index is 12.4. The van der Waals surface area contributed by atoms with E-state index in [-0.39, 0.29) is 18.5 Å². The van der Waals surface area contributed by atoms with Crippen molar-refractivity contribution in [2.24, 2.45) is 0 Å². The summed E-state index contributed by atoms with van der Waals surface area (Å²) in [5.41, 5.74) is 3.58. The highest BCUT2D eigenvalue weighted by Gasteiger charge is 2.17. The Hall–Kier alpha value is -3.02. The van der Waals surface area contributed by atoms with Crippen LogP contribution in [0.25, 0.3) is 0 Å². The van der Waals surface area contributed by atoms with E-state index in [1.165, 1.54) is 5.56 Å². The number of hydrogen-bond acceptors (Lipinski definition) is 3. The van der Waals surface area contributed by atoms with Crippen LogP contribution in [0.2, 0.25) is 0 Å². The largest absolute Gasteiger partial charge is 0.482 e. The van der Waals surface area contributed by atoms with Crippen molar-refractivity contribution in [2.45, 2.75) is 19.9 Å². The Morgan fingerprint density at radius 3 is 2.64 bits per heavy atom. The molecule has 1 heterocycles. The minimum absolute atomic E-state index is 0.0158. The fourth-order valence-electron chi connectivity index (χ4n) is 2.60. The SMILES string of the molecule is CCc1ccc(CN(C)C(=O)Nc2ccc3c(c2)OCC(=O)N3)cc1. The summed E-state index contributed by atoms with van der Waals surface area (Å²) in [7, 11) is 1.75. The van der Waals surface area contributed by atoms with E-state index in [4.69, 9.17) is 4.74 Å². The molecule has 2 aromatic rings. The van der Waals surface area contributed by atoms with Gasteiger partial charge in [-0.05, 0) is 29.7 Å². The second-order valence-electron chi connectivity index (χ2n) is 6.00. The monoisotopic (exact) mass is 339 g/mol. The molecular formula is C19H21N3O3. The first-order valence-electron chi connectivity index (χ1n) is 8.22. The van der Waals surface area contributed by atoms with E-state index in [0.29, 0.717) is 23.7 Å². The number of benzene rings is 2. The highest BCUT2D eigenvalue weighted by atomic mass is 16.5. The highest BCUT2D eigenvalue weighted by Crippen LogP contribution is 2.30. The summed E-state index contributed by atoms with van der Waals surface area (Å²) < 4.78 is 5.36. The Balaban J connectivity index is 1.62. The van der Waals surface area contributed by atoms with Gasteiger partial charge in [0.25, 0.3) is 5.91 Å². The van der Waals surface area contributed by atoms with Crippen LogP contribution >= 0.6 is 0 Å². The number of fused-ring (bicyclic) bond motifs is 1. The van der Waals surface area contributed by atoms with E-state index in [2.05, 4.69) is 29.7 Å². The van der Waals surface area contributed by atoms with E-state index in [9.17, 15) is 9.59 Å². The average Bonchev–Trinajstić information content (AvgIpc) is 2.62. The Labute approximate surface area is 146 Å². The van der Waals surface area contributed by atoms with E-state index < -0.39 is 0 Å². The van der Waals surface area contributed by atoms with E-state index in [0.717, 1.165) is 12.0 Å². The zero-order valence-corrected chi connectivity index (χ0v) is 14.3. The lowest BCUT2D eigenvalue weighted by Crippen LogP contribution is -2.31. The van der Waals surface area contributed by atoms with Crippen molar-refractivity contribution >= 4 is 23.3 Å². The van der Waals surface area contributed by atoms with Crippen molar-refractivity contribution in [1.82, 2.24) is 4.90 Å². The van der Waals surface area contributed by atoms with Gasteiger partial charge >= 0.3 is 6.03 Å². The summed E-state index contributed by atoms with van der Waals surface area (Å²) in [5.74, 6) is 0.369. The number of nitrogens with zero attached hydrogens (tertiary/aromatic N) is 1. The van der Waals surface area contributed by atoms with Crippen molar-refractivity contribution in [1.29, 1.82) is 0 Å². The molecule has 0 aliphatic carbocycles. The van der Waals surface area contributed by atoms with Crippen LogP contribution in [0.5, 0.6) is 5.75 Å². The molecule has 0 fully saturated rings. The van der Waals surface area contributed by atoms with Gasteiger partial charge in [-0.3, -0.25) is 4.79 Å². The van der Waals surface area contributed by atoms with Gasteiger partial charge in [-0.1, -0.05) is 31.2 Å². The minimum Gasteiger partial charge on any atom is -0.482 e. The molecule has 0 saturated carbocycles. The molecule has 0 aromatic heterocycles. The number of amides is 3. The van der Waals surface area contributed by atoms with Crippen LogP contribution in [0.1, 0.15) is 18.1 Å². The summed E-state index contributed by atoms with van der Waals surface area (Å²) >= 11 is 0. The van der Waals surface area contributed by atoms with Gasteiger partial charge in [-0.2, -0.15) is 0 Å². The second kappa shape index (κ2) is 7.25. The normalized spacial score (nSPS) is 12.6. The third-order valence-electron chi connectivity index (χ3n) is 4.06. The third kappa shape index (κ3) is 4.09. The molecular weight excluding hydrogens is 318 g/mol. The van der Waals surface area contributed by atoms with Crippen LogP contribution in [0, 0.1) is 0 Å². The van der Waals surface area contributed by atoms with Crippen molar-refractivity contribution in [3.63, 3.8) is 0 Å². The molecule has 0 saturated heterocycles. The lowest BCUT2D eigenvalue weighted by molar-refractivity contribution is -0.118. The maximum Gasteiger partial charge on any atom is 0.321 e. The van der Waals surface area contributed by atoms with E-state index in [1.807, 2.05) is 12.1 Å². The molecule has 0 spiro atoms. The molecule has 1 aliphatic heterocycles. The number of carbonyl (C=O) groups excluding carboxylic acids is 2. The number of ether oxygens (including phenoxy) is 1. The average molecular weight is 339 g/mol. The van der Waals surface area contributed by atoms with Crippen LogP contribution in [0.4, 0.5) is 16.2 Å². The first-order chi connectivity index (χ1) is 12.0. The fourth-order valence-corrected chi connectivity index (χ4v) is 2.60. The quantitative estimate of drug-likeness (QED) is 0.898. The molecule has 3 amide bonds. The number of urea groups is 1. The molecule has 0 radical (unpaired) electrons. The Bertz CT molecular complexity index is 787. The van der Waals surface area contributed by atoms with Crippen molar-refractivity contribution in [2.75, 3.05) is 24.3 Å². The lowest BCUT2D eigenvalue weighted by atomic mass is 10.1. The Kier molecular flexibility index (Phi) is 4.88. The molecule has 0 unspecified atom stereocenters. The maximum absolute atomic E-state index is 12.4. The van der Waals surface area contributed by atoms with Gasteiger partial charge in [0.2, 0.25) is 0 Å². The molecule has 0 atom stereocenters. The highest BCUT2D eigenvalue weighted by molar-refractivity contribution is 5.96. The fraction of sp³-hybridized carbons (Fsp3) is 0.263. The van der Waals surface area contributed by atoms with Gasteiger partial charge in [0.15, 0.2) is 6.61 Å². The van der Waals surface area contributed by atoms with Crippen LogP contribution in [0.3, 0.4) is 0 Å². The number of rotatable bonds is 4. The topological polar surface area (TPSA) is 70.7 Å². The number of aryl methyl sites for hydroxylation is 1. The third-order valence-corrected chi connectivity index (χ3v) is 4.06. The van der Waals surface area contributed by atoms with Gasteiger partial charge in [0.1, 0.15) is 5.75 Å². The lowest BCUT2D eigenvalue weighted by Gasteiger charge is -2.21. The first kappa shape index (κ1) is 16.8. The Morgan fingerprint density at radius 2 is 1.92 bits per heavy atom. The molecule has 25 heavy (non-hydrogen) atoms. The summed E-state index contributed by atoms with van der Waals surface area (Å²) in [6.07, 6.45) is 0.997. The van der Waals surface area contributed by atoms with E-state index in [1.54, 1.807) is 30.1 Å². The van der Waals surface area contributed by atoms with Crippen molar-refractivity contribution in [3.8, 4) is 5.75 Å². The first-order valence-corrected chi connectivity index (χ1v) is 8.22. The van der Waals surface area contributed by atoms with Gasteiger partial charge in [0, 0.05) is 25.3 Å². The molecule has 130 valence electrons. The summed E-state index contributed by atoms with van der Waals surface area (Å²) in [6, 6.07) is 13.2. The van der Waals surface area contributed by atoms with Crippen LogP contribution in [-0.4, -0.2) is 30.5 Å². The second-order valence-corrected chi connectivity index (χ2v) is 6.00. The van der Waals surface area contributed by atoms with Gasteiger partial charge in [-0.15, -0.1) is 0 Å². The number of anilines is 2. The smallest absolute Gasteiger partial charge is 0.321 e. The van der Waals surface area contributed by atoms with Gasteiger partial charge in [-0.25, -0.2) is 4.79 Å².